The molecule has 0 saturated heterocycles. The molecule has 0 aliphatic carbocycles. The van der Waals surface area contributed by atoms with E-state index in [2.05, 4.69) is 36.0 Å². The maximum atomic E-state index is 12.7. The molecule has 0 bridgehead atoms. The molecule has 4 N–H and O–H groups in total. The molecular weight excluding hydrogens is 448 g/mol. The van der Waals surface area contributed by atoms with Crippen molar-refractivity contribution in [3.8, 4) is 5.75 Å². The number of nitrogens with zero attached hydrogens (tertiary/aromatic N) is 4. The zero-order chi connectivity index (χ0) is 27.4. The summed E-state index contributed by atoms with van der Waals surface area (Å²) in [6.07, 6.45) is 0.895. The van der Waals surface area contributed by atoms with Crippen molar-refractivity contribution in [3.63, 3.8) is 0 Å². The number of rotatable bonds is 7. The van der Waals surface area contributed by atoms with Gasteiger partial charge in [-0.25, -0.2) is 0 Å². The van der Waals surface area contributed by atoms with Gasteiger partial charge in [-0.2, -0.15) is 4.98 Å². The second-order valence-corrected chi connectivity index (χ2v) is 7.97. The maximum Gasteiger partial charge on any atom is 0.275 e. The van der Waals surface area contributed by atoms with E-state index in [0.29, 0.717) is 17.1 Å². The van der Waals surface area contributed by atoms with Crippen LogP contribution in [0.1, 0.15) is 36.1 Å². The molecule has 0 fully saturated rings. The molecule has 1 aromatic heterocycles. The molecule has 2 amide bonds. The minimum Gasteiger partial charge on any atom is -0.495 e. The molecular formula is C24H28N8O3. The number of carbonyl (C=O) groups is 2. The number of para-hydroxylation sites is 1. The Morgan fingerprint density at radius 2 is 1.89 bits per heavy atom. The Kier molecular flexibility index (Phi) is 5.96. The van der Waals surface area contributed by atoms with Crippen molar-refractivity contribution in [2.24, 2.45) is 0 Å². The van der Waals surface area contributed by atoms with Crippen molar-refractivity contribution < 1.29 is 18.4 Å². The lowest BCUT2D eigenvalue weighted by Crippen LogP contribution is -2.26. The minimum absolute atomic E-state index is 0.0257. The molecule has 3 aromatic rings. The Hall–Kier alpha value is -4.25. The molecule has 2 aromatic carbocycles. The van der Waals surface area contributed by atoms with Gasteiger partial charge in [-0.15, -0.1) is 10.2 Å². The summed E-state index contributed by atoms with van der Waals surface area (Å²) in [4.78, 5) is 31.7. The van der Waals surface area contributed by atoms with Crippen molar-refractivity contribution in [1.82, 2.24) is 30.7 Å². The number of methoxy groups -OCH3 is 1. The molecule has 182 valence electrons. The predicted molar refractivity (Wildman–Crippen MR) is 133 cm³/mol. The number of likely N-dealkylation sites (N-methyl/N-ethyl adjacent to an activating group) is 1. The summed E-state index contributed by atoms with van der Waals surface area (Å²) >= 11 is 0. The summed E-state index contributed by atoms with van der Waals surface area (Å²) in [5.74, 6) is -0.868. The van der Waals surface area contributed by atoms with Crippen LogP contribution in [0, 0.1) is 0 Å². The molecule has 0 atom stereocenters. The lowest BCUT2D eigenvalue weighted by Gasteiger charge is -2.26. The van der Waals surface area contributed by atoms with Crippen LogP contribution in [0.4, 0.5) is 23.1 Å². The van der Waals surface area contributed by atoms with Crippen LogP contribution in [0.25, 0.3) is 0 Å². The predicted octanol–water partition coefficient (Wildman–Crippen LogP) is 2.07. The maximum absolute atomic E-state index is 12.7. The van der Waals surface area contributed by atoms with Crippen molar-refractivity contribution in [2.45, 2.75) is 13.0 Å². The lowest BCUT2D eigenvalue weighted by atomic mass is 9.99. The first kappa shape index (κ1) is 20.2. The fourth-order valence-corrected chi connectivity index (χ4v) is 3.85. The summed E-state index contributed by atoms with van der Waals surface area (Å²) in [7, 11) is 5.10. The average Bonchev–Trinajstić information content (AvgIpc) is 2.87. The Balaban J connectivity index is 1.73. The van der Waals surface area contributed by atoms with Crippen LogP contribution in [0.5, 0.6) is 5.75 Å². The summed E-state index contributed by atoms with van der Waals surface area (Å²) in [5.41, 5.74) is 3.16. The van der Waals surface area contributed by atoms with E-state index >= 15 is 0 Å². The third-order valence-corrected chi connectivity index (χ3v) is 5.64. The highest BCUT2D eigenvalue weighted by Gasteiger charge is 2.21. The minimum atomic E-state index is -2.75. The van der Waals surface area contributed by atoms with Gasteiger partial charge in [-0.3, -0.25) is 9.59 Å². The molecule has 2 heterocycles. The molecule has 0 radical (unpaired) electrons. The Morgan fingerprint density at radius 1 is 1.06 bits per heavy atom. The van der Waals surface area contributed by atoms with E-state index in [0.717, 1.165) is 25.1 Å². The van der Waals surface area contributed by atoms with Gasteiger partial charge in [-0.05, 0) is 48.9 Å². The zero-order valence-corrected chi connectivity index (χ0v) is 19.6. The number of ether oxygens (including phenoxy) is 1. The number of carbonyl (C=O) groups excluding carboxylic acids is 2. The van der Waals surface area contributed by atoms with E-state index in [1.165, 1.54) is 12.6 Å². The van der Waals surface area contributed by atoms with Crippen LogP contribution >= 0.6 is 0 Å². The van der Waals surface area contributed by atoms with Crippen molar-refractivity contribution in [3.05, 3.63) is 58.8 Å². The fourth-order valence-electron chi connectivity index (χ4n) is 3.85. The van der Waals surface area contributed by atoms with E-state index in [1.807, 2.05) is 24.5 Å². The Morgan fingerprint density at radius 3 is 2.66 bits per heavy atom. The van der Waals surface area contributed by atoms with E-state index in [1.54, 1.807) is 31.4 Å². The van der Waals surface area contributed by atoms with Gasteiger partial charge in [0.25, 0.3) is 11.8 Å². The van der Waals surface area contributed by atoms with Gasteiger partial charge in [-0.1, -0.05) is 12.1 Å². The smallest absolute Gasteiger partial charge is 0.275 e. The van der Waals surface area contributed by atoms with Crippen LogP contribution in [0.2, 0.25) is 0 Å². The summed E-state index contributed by atoms with van der Waals surface area (Å²) < 4.78 is 27.7. The van der Waals surface area contributed by atoms with Crippen molar-refractivity contribution >= 4 is 35.0 Å². The molecule has 35 heavy (non-hydrogen) atoms. The SMILES string of the molecule is [2H]C([2H])([2H])NC(=O)c1nnc(Nc2cc3c(cc2OC)CCN(C)C3)nc1Nc1ccccc1C(=O)NC. The number of benzene rings is 2. The van der Waals surface area contributed by atoms with E-state index in [4.69, 9.17) is 8.85 Å². The van der Waals surface area contributed by atoms with Gasteiger partial charge in [0.2, 0.25) is 5.95 Å². The second-order valence-electron chi connectivity index (χ2n) is 7.97. The van der Waals surface area contributed by atoms with Crippen molar-refractivity contribution in [1.29, 1.82) is 0 Å². The molecule has 0 unspecified atom stereocenters. The Bertz CT molecular complexity index is 1370. The van der Waals surface area contributed by atoms with Gasteiger partial charge in [0, 0.05) is 31.2 Å². The van der Waals surface area contributed by atoms with Gasteiger partial charge in [0.15, 0.2) is 11.5 Å². The number of nitrogens with one attached hydrogen (secondary N) is 4. The van der Waals surface area contributed by atoms with Crippen LogP contribution < -0.4 is 26.0 Å². The highest BCUT2D eigenvalue weighted by Crippen LogP contribution is 2.33. The highest BCUT2D eigenvalue weighted by molar-refractivity contribution is 6.02. The van der Waals surface area contributed by atoms with Crippen LogP contribution in [-0.2, 0) is 13.0 Å². The monoisotopic (exact) mass is 479 g/mol. The first-order valence-corrected chi connectivity index (χ1v) is 10.9. The number of fused-ring (bicyclic) bond motifs is 1. The number of hydrogen-bond donors (Lipinski definition) is 4. The van der Waals surface area contributed by atoms with Crippen LogP contribution in [0.15, 0.2) is 36.4 Å². The molecule has 11 nitrogen and oxygen atoms in total. The van der Waals surface area contributed by atoms with Crippen LogP contribution in [0.3, 0.4) is 0 Å². The van der Waals surface area contributed by atoms with Gasteiger partial charge in [0.05, 0.1) is 24.0 Å². The largest absolute Gasteiger partial charge is 0.495 e. The topological polar surface area (TPSA) is 133 Å². The third-order valence-electron chi connectivity index (χ3n) is 5.64. The molecule has 0 saturated carbocycles. The second kappa shape index (κ2) is 10.3. The zero-order valence-electron chi connectivity index (χ0n) is 22.6. The average molecular weight is 480 g/mol. The Labute approximate surface area is 207 Å². The highest BCUT2D eigenvalue weighted by atomic mass is 16.5. The molecule has 11 heteroatoms. The summed E-state index contributed by atoms with van der Waals surface area (Å²) in [6.45, 7) is -1.04. The van der Waals surface area contributed by atoms with Gasteiger partial charge >= 0.3 is 0 Å². The number of anilines is 4. The fraction of sp³-hybridized carbons (Fsp3) is 0.292. The third kappa shape index (κ3) is 5.14. The van der Waals surface area contributed by atoms with Crippen molar-refractivity contribution in [2.75, 3.05) is 45.4 Å². The van der Waals surface area contributed by atoms with Gasteiger partial charge < -0.3 is 30.9 Å². The van der Waals surface area contributed by atoms with Crippen LogP contribution in [-0.4, -0.2) is 66.6 Å². The first-order chi connectivity index (χ1) is 18.1. The summed E-state index contributed by atoms with van der Waals surface area (Å²) in [6, 6.07) is 10.5. The lowest BCUT2D eigenvalue weighted by molar-refractivity contribution is 0.0953. The standard InChI is InChI=1S/C24H28N8O3/c1-25-22(33)16-7-5-6-8-17(16)27-21-20(23(34)26-2)30-31-24(29-21)28-18-11-15-13-32(3)10-9-14(15)12-19(18)35-4/h5-8,11-12H,9-10,13H2,1-4H3,(H,25,33)(H,26,34)(H2,27,28,29,31)/i2D3. The first-order valence-electron chi connectivity index (χ1n) is 12.4. The molecule has 4 rings (SSSR count). The van der Waals surface area contributed by atoms with E-state index < -0.39 is 12.9 Å². The van der Waals surface area contributed by atoms with E-state index in [-0.39, 0.29) is 28.9 Å². The molecule has 0 spiro atoms. The molecule has 1 aliphatic heterocycles. The quantitative estimate of drug-likeness (QED) is 0.402. The summed E-state index contributed by atoms with van der Waals surface area (Å²) in [5, 5.41) is 18.4. The number of aromatic nitrogens is 3. The van der Waals surface area contributed by atoms with E-state index in [9.17, 15) is 9.59 Å². The normalized spacial score (nSPS) is 14.5. The number of amides is 2. The molecule has 1 aliphatic rings. The number of hydrogen-bond acceptors (Lipinski definition) is 9. The van der Waals surface area contributed by atoms with Gasteiger partial charge in [0.1, 0.15) is 5.75 Å².